The van der Waals surface area contributed by atoms with Gasteiger partial charge in [0.05, 0.1) is 5.69 Å². The average molecular weight is 177 g/mol. The third-order valence-corrected chi connectivity index (χ3v) is 2.49. The topological polar surface area (TPSA) is 43.8 Å². The highest BCUT2D eigenvalue weighted by atomic mass is 15.2. The number of hydrogen-bond donors (Lipinski definition) is 1. The van der Waals surface area contributed by atoms with Crippen LogP contribution in [-0.2, 0) is 7.05 Å². The quantitative estimate of drug-likeness (QED) is 0.703. The summed E-state index contributed by atoms with van der Waals surface area (Å²) in [4.78, 5) is 0. The smallest absolute Gasteiger partial charge is 0.0879 e. The first kappa shape index (κ1) is 8.51. The molecule has 0 fully saturated rings. The van der Waals surface area contributed by atoms with Gasteiger partial charge in [0.1, 0.15) is 0 Å². The number of hydrogen-bond acceptors (Lipinski definition) is 2. The van der Waals surface area contributed by atoms with Gasteiger partial charge in [-0.15, -0.1) is 0 Å². The fourth-order valence-corrected chi connectivity index (χ4v) is 1.67. The minimum atomic E-state index is 0.354. The van der Waals surface area contributed by atoms with Crippen LogP contribution in [0.1, 0.15) is 25.0 Å². The van der Waals surface area contributed by atoms with Crippen LogP contribution in [-0.4, -0.2) is 15.8 Å². The number of nitrogens with two attached hydrogens (primary N) is 1. The van der Waals surface area contributed by atoms with Gasteiger partial charge in [0.15, 0.2) is 0 Å². The van der Waals surface area contributed by atoms with E-state index in [0.29, 0.717) is 6.04 Å². The number of rotatable bonds is 1. The average Bonchev–Trinajstić information content (AvgIpc) is 2.53. The fraction of sp³-hybridized carbons (Fsp3) is 0.500. The molecule has 70 valence electrons. The highest BCUT2D eigenvalue weighted by molar-refractivity contribution is 5.63. The Balaban J connectivity index is 2.18. The zero-order valence-corrected chi connectivity index (χ0v) is 7.90. The predicted octanol–water partition coefficient (Wildman–Crippen LogP) is 1.31. The van der Waals surface area contributed by atoms with Gasteiger partial charge in [0.25, 0.3) is 0 Å². The van der Waals surface area contributed by atoms with Gasteiger partial charge in [0, 0.05) is 19.3 Å². The summed E-state index contributed by atoms with van der Waals surface area (Å²) in [6.07, 6.45) is 7.34. The Morgan fingerprint density at radius 3 is 3.00 bits per heavy atom. The van der Waals surface area contributed by atoms with E-state index in [1.54, 1.807) is 0 Å². The molecule has 0 radical (unpaired) electrons. The molecule has 3 nitrogen and oxygen atoms in total. The monoisotopic (exact) mass is 177 g/mol. The second-order valence-electron chi connectivity index (χ2n) is 3.64. The predicted molar refractivity (Wildman–Crippen MR) is 53.0 cm³/mol. The standard InChI is InChI=1S/C10H15N3/c1-13-7-6-10(12-13)8-2-4-9(11)5-3-8/h2,6-7,9H,3-5,11H2,1H3. The van der Waals surface area contributed by atoms with Gasteiger partial charge in [-0.1, -0.05) is 6.08 Å². The molecular formula is C10H15N3. The van der Waals surface area contributed by atoms with E-state index in [2.05, 4.69) is 17.2 Å². The van der Waals surface area contributed by atoms with Gasteiger partial charge in [0.2, 0.25) is 0 Å². The maximum absolute atomic E-state index is 5.81. The molecule has 3 heteroatoms. The summed E-state index contributed by atoms with van der Waals surface area (Å²) < 4.78 is 1.84. The van der Waals surface area contributed by atoms with Gasteiger partial charge in [-0.25, -0.2) is 0 Å². The van der Waals surface area contributed by atoms with Crippen molar-refractivity contribution >= 4 is 5.57 Å². The summed E-state index contributed by atoms with van der Waals surface area (Å²) in [5.74, 6) is 0. The lowest BCUT2D eigenvalue weighted by Crippen LogP contribution is -2.21. The number of allylic oxidation sites excluding steroid dienone is 1. The van der Waals surface area contributed by atoms with Crippen LogP contribution in [0.3, 0.4) is 0 Å². The van der Waals surface area contributed by atoms with E-state index in [1.807, 2.05) is 17.9 Å². The molecule has 0 saturated carbocycles. The number of aromatic nitrogens is 2. The van der Waals surface area contributed by atoms with Crippen molar-refractivity contribution in [2.45, 2.75) is 25.3 Å². The van der Waals surface area contributed by atoms with Crippen molar-refractivity contribution in [3.05, 3.63) is 24.0 Å². The van der Waals surface area contributed by atoms with Gasteiger partial charge < -0.3 is 5.73 Å². The molecule has 0 saturated heterocycles. The summed E-state index contributed by atoms with van der Waals surface area (Å²) in [5.41, 5.74) is 8.27. The van der Waals surface area contributed by atoms with E-state index in [4.69, 9.17) is 5.73 Å². The first-order valence-corrected chi connectivity index (χ1v) is 4.70. The largest absolute Gasteiger partial charge is 0.327 e. The first-order chi connectivity index (χ1) is 6.25. The third kappa shape index (κ3) is 1.80. The maximum atomic E-state index is 5.81. The van der Waals surface area contributed by atoms with Crippen LogP contribution in [0.15, 0.2) is 18.3 Å². The molecule has 2 rings (SSSR count). The molecule has 1 heterocycles. The van der Waals surface area contributed by atoms with Gasteiger partial charge in [-0.2, -0.15) is 5.10 Å². The summed E-state index contributed by atoms with van der Waals surface area (Å²) in [5, 5.41) is 4.37. The minimum absolute atomic E-state index is 0.354. The number of nitrogens with zero attached hydrogens (tertiary/aromatic N) is 2. The summed E-state index contributed by atoms with van der Waals surface area (Å²) in [7, 11) is 1.94. The Labute approximate surface area is 78.2 Å². The second-order valence-corrected chi connectivity index (χ2v) is 3.64. The van der Waals surface area contributed by atoms with Crippen LogP contribution < -0.4 is 5.73 Å². The Bertz CT molecular complexity index is 325. The first-order valence-electron chi connectivity index (χ1n) is 4.70. The summed E-state index contributed by atoms with van der Waals surface area (Å²) >= 11 is 0. The van der Waals surface area contributed by atoms with Crippen LogP contribution in [0.5, 0.6) is 0 Å². The van der Waals surface area contributed by atoms with Crippen LogP contribution in [0, 0.1) is 0 Å². The fourth-order valence-electron chi connectivity index (χ4n) is 1.67. The zero-order chi connectivity index (χ0) is 9.26. The Morgan fingerprint density at radius 2 is 2.46 bits per heavy atom. The van der Waals surface area contributed by atoms with Crippen molar-refractivity contribution in [3.63, 3.8) is 0 Å². The lowest BCUT2D eigenvalue weighted by Gasteiger charge is -2.16. The molecule has 1 aliphatic carbocycles. The molecule has 0 aliphatic heterocycles. The number of aryl methyl sites for hydroxylation is 1. The molecule has 1 unspecified atom stereocenters. The van der Waals surface area contributed by atoms with Crippen LogP contribution in [0.25, 0.3) is 5.57 Å². The zero-order valence-electron chi connectivity index (χ0n) is 7.90. The molecule has 2 N–H and O–H groups in total. The van der Waals surface area contributed by atoms with Crippen molar-refractivity contribution < 1.29 is 0 Å². The molecular weight excluding hydrogens is 162 g/mol. The third-order valence-electron chi connectivity index (χ3n) is 2.49. The molecule has 1 aromatic heterocycles. The molecule has 1 aromatic rings. The van der Waals surface area contributed by atoms with E-state index >= 15 is 0 Å². The highest BCUT2D eigenvalue weighted by Crippen LogP contribution is 2.24. The van der Waals surface area contributed by atoms with E-state index < -0.39 is 0 Å². The molecule has 1 atom stereocenters. The lowest BCUT2D eigenvalue weighted by molar-refractivity contribution is 0.612. The Hall–Kier alpha value is -1.09. The second kappa shape index (κ2) is 3.34. The van der Waals surface area contributed by atoms with Crippen LogP contribution in [0.2, 0.25) is 0 Å². The van der Waals surface area contributed by atoms with Gasteiger partial charge >= 0.3 is 0 Å². The van der Waals surface area contributed by atoms with Crippen molar-refractivity contribution in [3.8, 4) is 0 Å². The van der Waals surface area contributed by atoms with Crippen LogP contribution in [0.4, 0.5) is 0 Å². The SMILES string of the molecule is Cn1ccc(C2=CCC(N)CC2)n1. The van der Waals surface area contributed by atoms with Crippen molar-refractivity contribution in [1.29, 1.82) is 0 Å². The van der Waals surface area contributed by atoms with Gasteiger partial charge in [-0.05, 0) is 30.9 Å². The minimum Gasteiger partial charge on any atom is -0.327 e. The van der Waals surface area contributed by atoms with Gasteiger partial charge in [-0.3, -0.25) is 4.68 Å². The lowest BCUT2D eigenvalue weighted by atomic mass is 9.94. The molecule has 0 aromatic carbocycles. The maximum Gasteiger partial charge on any atom is 0.0879 e. The Kier molecular flexibility index (Phi) is 2.19. The van der Waals surface area contributed by atoms with E-state index in [-0.39, 0.29) is 0 Å². The molecule has 1 aliphatic rings. The van der Waals surface area contributed by atoms with Crippen molar-refractivity contribution in [2.75, 3.05) is 0 Å². The highest BCUT2D eigenvalue weighted by Gasteiger charge is 2.12. The van der Waals surface area contributed by atoms with Crippen LogP contribution >= 0.6 is 0 Å². The molecule has 0 bridgehead atoms. The molecule has 13 heavy (non-hydrogen) atoms. The molecule has 0 amide bonds. The Morgan fingerprint density at radius 1 is 1.62 bits per heavy atom. The molecule has 0 spiro atoms. The van der Waals surface area contributed by atoms with E-state index in [9.17, 15) is 0 Å². The normalized spacial score (nSPS) is 22.9. The van der Waals surface area contributed by atoms with E-state index in [0.717, 1.165) is 25.0 Å². The van der Waals surface area contributed by atoms with Crippen molar-refractivity contribution in [1.82, 2.24) is 9.78 Å². The van der Waals surface area contributed by atoms with E-state index in [1.165, 1.54) is 5.57 Å². The summed E-state index contributed by atoms with van der Waals surface area (Å²) in [6.45, 7) is 0. The summed E-state index contributed by atoms with van der Waals surface area (Å²) in [6, 6.07) is 2.41. The van der Waals surface area contributed by atoms with Crippen molar-refractivity contribution in [2.24, 2.45) is 12.8 Å².